The van der Waals surface area contributed by atoms with Crippen LogP contribution >= 0.6 is 15.9 Å². The summed E-state index contributed by atoms with van der Waals surface area (Å²) in [5.74, 6) is 0.808. The quantitative estimate of drug-likeness (QED) is 0.866. The summed E-state index contributed by atoms with van der Waals surface area (Å²) in [4.78, 5) is 0. The van der Waals surface area contributed by atoms with Gasteiger partial charge in [0.2, 0.25) is 0 Å². The van der Waals surface area contributed by atoms with Gasteiger partial charge in [-0.15, -0.1) is 0 Å². The number of hydrogen-bond acceptors (Lipinski definition) is 1. The van der Waals surface area contributed by atoms with E-state index in [1.165, 1.54) is 11.1 Å². The summed E-state index contributed by atoms with van der Waals surface area (Å²) in [5, 5.41) is 0. The topological polar surface area (TPSA) is 29.9 Å². The van der Waals surface area contributed by atoms with Crippen molar-refractivity contribution >= 4 is 21.7 Å². The van der Waals surface area contributed by atoms with Crippen molar-refractivity contribution in [1.82, 2.24) is 0 Å². The van der Waals surface area contributed by atoms with E-state index in [1.54, 1.807) is 0 Å². The fraction of sp³-hybridized carbons (Fsp3) is 0.214. The lowest BCUT2D eigenvalue weighted by atomic mass is 10.1. The number of pyridine rings is 1. The van der Waals surface area contributed by atoms with Crippen LogP contribution in [0, 0.1) is 6.92 Å². The maximum Gasteiger partial charge on any atom is 0.272 e. The molecule has 17 heavy (non-hydrogen) atoms. The molecule has 1 aromatic carbocycles. The van der Waals surface area contributed by atoms with Crippen LogP contribution in [0.15, 0.2) is 47.1 Å². The van der Waals surface area contributed by atoms with Gasteiger partial charge in [-0.1, -0.05) is 34.1 Å². The minimum absolute atomic E-state index is 0.808. The molecule has 0 saturated carbocycles. The Morgan fingerprint density at radius 3 is 2.71 bits per heavy atom. The Labute approximate surface area is 110 Å². The lowest BCUT2D eigenvalue weighted by Gasteiger charge is -2.06. The average Bonchev–Trinajstić information content (AvgIpc) is 2.32. The highest BCUT2D eigenvalue weighted by Crippen LogP contribution is 2.16. The van der Waals surface area contributed by atoms with E-state index in [0.29, 0.717) is 0 Å². The number of nitrogen functional groups attached to an aromatic ring is 1. The number of nitrogens with zero attached hydrogens (tertiary/aromatic N) is 1. The highest BCUT2D eigenvalue weighted by molar-refractivity contribution is 9.10. The molecule has 0 unspecified atom stereocenters. The predicted molar refractivity (Wildman–Crippen MR) is 73.6 cm³/mol. The monoisotopic (exact) mass is 291 g/mol. The summed E-state index contributed by atoms with van der Waals surface area (Å²) < 4.78 is 3.25. The molecule has 0 fully saturated rings. The Kier molecular flexibility index (Phi) is 3.79. The molecule has 2 aromatic rings. The first-order valence-corrected chi connectivity index (χ1v) is 6.45. The minimum atomic E-state index is 0.808. The van der Waals surface area contributed by atoms with E-state index < -0.39 is 0 Å². The molecule has 0 radical (unpaired) electrons. The van der Waals surface area contributed by atoms with Crippen molar-refractivity contribution in [3.8, 4) is 0 Å². The van der Waals surface area contributed by atoms with Crippen molar-refractivity contribution in [3.05, 3.63) is 58.2 Å². The Bertz CT molecular complexity index is 523. The van der Waals surface area contributed by atoms with E-state index in [0.717, 1.165) is 23.3 Å². The number of aromatic nitrogens is 1. The van der Waals surface area contributed by atoms with Crippen LogP contribution in [0.5, 0.6) is 0 Å². The molecule has 0 atom stereocenters. The van der Waals surface area contributed by atoms with Gasteiger partial charge < -0.3 is 0 Å². The largest absolute Gasteiger partial charge is 0.287 e. The third kappa shape index (κ3) is 3.07. The molecule has 0 saturated heterocycles. The van der Waals surface area contributed by atoms with Crippen molar-refractivity contribution < 1.29 is 4.57 Å². The molecule has 2 nitrogen and oxygen atoms in total. The third-order valence-corrected chi connectivity index (χ3v) is 3.56. The van der Waals surface area contributed by atoms with Crippen molar-refractivity contribution in [3.63, 3.8) is 0 Å². The maximum absolute atomic E-state index is 5.94. The molecule has 0 spiro atoms. The van der Waals surface area contributed by atoms with Gasteiger partial charge in [-0.25, -0.2) is 4.57 Å². The van der Waals surface area contributed by atoms with Crippen LogP contribution in [0.2, 0.25) is 0 Å². The fourth-order valence-corrected chi connectivity index (χ4v) is 2.29. The van der Waals surface area contributed by atoms with E-state index in [-0.39, 0.29) is 0 Å². The standard InChI is InChI=1S/C14H15BrN2/c1-11-6-7-14(16)17(10-11)9-8-12-4-2-3-5-13(12)15/h2-7,10,16H,8-9H2,1H3/p+1. The second-order valence-electron chi connectivity index (χ2n) is 4.17. The Hall–Kier alpha value is -1.35. The molecule has 0 bridgehead atoms. The summed E-state index contributed by atoms with van der Waals surface area (Å²) in [6, 6.07) is 12.3. The van der Waals surface area contributed by atoms with Crippen molar-refractivity contribution in [1.29, 1.82) is 0 Å². The highest BCUT2D eigenvalue weighted by atomic mass is 79.9. The molecule has 1 heterocycles. The Balaban J connectivity index is 2.12. The molecular formula is C14H16BrN2+. The highest BCUT2D eigenvalue weighted by Gasteiger charge is 2.06. The van der Waals surface area contributed by atoms with Crippen molar-refractivity contribution in [2.45, 2.75) is 19.9 Å². The van der Waals surface area contributed by atoms with Crippen molar-refractivity contribution in [2.24, 2.45) is 0 Å². The zero-order valence-electron chi connectivity index (χ0n) is 9.86. The van der Waals surface area contributed by atoms with Gasteiger partial charge in [-0.05, 0) is 30.2 Å². The van der Waals surface area contributed by atoms with Crippen LogP contribution in [0.4, 0.5) is 5.82 Å². The molecular weight excluding hydrogens is 276 g/mol. The van der Waals surface area contributed by atoms with Crippen LogP contribution in [0.1, 0.15) is 11.1 Å². The van der Waals surface area contributed by atoms with E-state index in [4.69, 9.17) is 5.73 Å². The van der Waals surface area contributed by atoms with E-state index in [2.05, 4.69) is 51.8 Å². The third-order valence-electron chi connectivity index (χ3n) is 2.79. The summed E-state index contributed by atoms with van der Waals surface area (Å²) in [6.07, 6.45) is 3.06. The molecule has 0 aliphatic heterocycles. The number of nitrogens with two attached hydrogens (primary N) is 1. The number of halogens is 1. The van der Waals surface area contributed by atoms with Crippen LogP contribution < -0.4 is 10.3 Å². The Morgan fingerprint density at radius 2 is 1.94 bits per heavy atom. The summed E-state index contributed by atoms with van der Waals surface area (Å²) in [7, 11) is 0. The lowest BCUT2D eigenvalue weighted by molar-refractivity contribution is -0.682. The molecule has 0 aliphatic rings. The second kappa shape index (κ2) is 5.32. The number of rotatable bonds is 3. The molecule has 2 rings (SSSR count). The molecule has 3 heteroatoms. The summed E-state index contributed by atoms with van der Waals surface area (Å²) >= 11 is 3.56. The SMILES string of the molecule is Cc1ccc(N)[n+](CCc2ccccc2Br)c1. The van der Waals surface area contributed by atoms with Gasteiger partial charge in [0.15, 0.2) is 0 Å². The van der Waals surface area contributed by atoms with Gasteiger partial charge in [-0.2, -0.15) is 0 Å². The molecule has 0 aliphatic carbocycles. The van der Waals surface area contributed by atoms with Crippen LogP contribution in [-0.2, 0) is 13.0 Å². The fourth-order valence-electron chi connectivity index (χ4n) is 1.81. The van der Waals surface area contributed by atoms with Crippen LogP contribution in [0.25, 0.3) is 0 Å². The predicted octanol–water partition coefficient (Wildman–Crippen LogP) is 2.87. The van der Waals surface area contributed by atoms with E-state index in [9.17, 15) is 0 Å². The molecule has 88 valence electrons. The summed E-state index contributed by atoms with van der Waals surface area (Å²) in [6.45, 7) is 2.98. The minimum Gasteiger partial charge on any atom is -0.287 e. The second-order valence-corrected chi connectivity index (χ2v) is 5.02. The first kappa shape index (κ1) is 12.1. The number of anilines is 1. The van der Waals surface area contributed by atoms with Gasteiger partial charge in [0.1, 0.15) is 0 Å². The first-order valence-electron chi connectivity index (χ1n) is 5.66. The smallest absolute Gasteiger partial charge is 0.272 e. The molecule has 1 aromatic heterocycles. The van der Waals surface area contributed by atoms with Gasteiger partial charge >= 0.3 is 0 Å². The Morgan fingerprint density at radius 1 is 1.18 bits per heavy atom. The van der Waals surface area contributed by atoms with Crippen LogP contribution in [-0.4, -0.2) is 0 Å². The van der Waals surface area contributed by atoms with Crippen LogP contribution in [0.3, 0.4) is 0 Å². The van der Waals surface area contributed by atoms with E-state index >= 15 is 0 Å². The van der Waals surface area contributed by atoms with Gasteiger partial charge in [-0.3, -0.25) is 5.73 Å². The zero-order chi connectivity index (χ0) is 12.3. The normalized spacial score (nSPS) is 10.5. The zero-order valence-corrected chi connectivity index (χ0v) is 11.4. The van der Waals surface area contributed by atoms with E-state index in [1.807, 2.05) is 18.2 Å². The van der Waals surface area contributed by atoms with Gasteiger partial charge in [0, 0.05) is 17.0 Å². The lowest BCUT2D eigenvalue weighted by Crippen LogP contribution is -2.38. The number of hydrogen-bond donors (Lipinski definition) is 1. The first-order chi connectivity index (χ1) is 8.16. The van der Waals surface area contributed by atoms with Gasteiger partial charge in [0.05, 0.1) is 12.7 Å². The summed E-state index contributed by atoms with van der Waals surface area (Å²) in [5.41, 5.74) is 8.48. The van der Waals surface area contributed by atoms with Crippen molar-refractivity contribution in [2.75, 3.05) is 5.73 Å². The average molecular weight is 292 g/mol. The maximum atomic E-state index is 5.94. The number of aryl methyl sites for hydroxylation is 3. The van der Waals surface area contributed by atoms with Gasteiger partial charge in [0.25, 0.3) is 5.82 Å². The molecule has 2 N–H and O–H groups in total. The molecule has 0 amide bonds. The number of benzene rings is 1.